The molecule has 1 atom stereocenters. The van der Waals surface area contributed by atoms with E-state index in [1.54, 1.807) is 4.90 Å². The quantitative estimate of drug-likeness (QED) is 0.0198. The number of hydrogen-bond donors (Lipinski definition) is 4. The SMILES string of the molecule is CC1(C)CC(OC(=O)CCCCCCCCC(=O)OC2CC(C)(C)NC(C)(C)C2)CC(C)(C)N1.CCC(=O)OC1CC(C)(C)NC(C)(C)C1.CCCCCCCCCCCCC1CC(=O)N(C2CC(C)(C)NC(C)(C)C2)C1=O.CN1C(C)(C)CC(OC(=O)CCCCCCCCC(=O)OC2CC(C)(C)N(C)C(C)(C)C2)CC1(C)C. The number of esters is 5. The van der Waals surface area contributed by atoms with Crippen molar-refractivity contribution in [3.05, 3.63) is 0 Å². The molecule has 2 amide bonds. The van der Waals surface area contributed by atoms with E-state index in [0.717, 1.165) is 167 Å². The van der Waals surface area contributed by atoms with Crippen molar-refractivity contribution < 1.29 is 57.2 Å². The van der Waals surface area contributed by atoms with Crippen LogP contribution >= 0.6 is 0 Å². The Balaban J connectivity index is 0.000000331. The second-order valence-corrected chi connectivity index (χ2v) is 44.2. The van der Waals surface area contributed by atoms with Crippen molar-refractivity contribution in [3.63, 3.8) is 0 Å². The van der Waals surface area contributed by atoms with Crippen LogP contribution in [0.25, 0.3) is 0 Å². The number of nitrogens with one attached hydrogen (secondary N) is 4. The number of nitrogens with zero attached hydrogens (tertiary/aromatic N) is 3. The maximum atomic E-state index is 13.0. The predicted molar refractivity (Wildman–Crippen MR) is 466 cm³/mol. The van der Waals surface area contributed by atoms with E-state index >= 15 is 0 Å². The van der Waals surface area contributed by atoms with Crippen molar-refractivity contribution >= 4 is 41.7 Å². The molecule has 7 aliphatic heterocycles. The maximum absolute atomic E-state index is 13.0. The Hall–Kier alpha value is -3.75. The highest BCUT2D eigenvalue weighted by Gasteiger charge is 2.50. The van der Waals surface area contributed by atoms with Crippen LogP contribution < -0.4 is 21.3 Å². The lowest BCUT2D eigenvalue weighted by Gasteiger charge is -2.53. The van der Waals surface area contributed by atoms with Crippen molar-refractivity contribution in [1.82, 2.24) is 36.0 Å². The Morgan fingerprint density at radius 1 is 0.307 bits per heavy atom. The fraction of sp³-hybridized carbons (Fsp3) is 0.926. The summed E-state index contributed by atoms with van der Waals surface area (Å²) >= 11 is 0. The summed E-state index contributed by atoms with van der Waals surface area (Å²) in [7, 11) is 4.33. The topological polar surface area (TPSA) is 223 Å². The molecular weight excluding hydrogens is 1430 g/mol. The lowest BCUT2D eigenvalue weighted by molar-refractivity contribution is -0.160. The van der Waals surface area contributed by atoms with Crippen molar-refractivity contribution in [3.8, 4) is 0 Å². The summed E-state index contributed by atoms with van der Waals surface area (Å²) in [6.45, 7) is 56.6. The van der Waals surface area contributed by atoms with Gasteiger partial charge in [-0.05, 0) is 225 Å². The molecule has 0 aromatic heterocycles. The molecule has 0 spiro atoms. The van der Waals surface area contributed by atoms with Crippen LogP contribution in [-0.4, -0.2) is 173 Å². The molecule has 0 bridgehead atoms. The van der Waals surface area contributed by atoms with Crippen molar-refractivity contribution in [2.45, 2.75) is 546 Å². The zero-order valence-electron chi connectivity index (χ0n) is 78.8. The monoisotopic (exact) mass is 1610 g/mol. The van der Waals surface area contributed by atoms with Crippen LogP contribution in [0.15, 0.2) is 0 Å². The van der Waals surface area contributed by atoms with E-state index < -0.39 is 0 Å². The smallest absolute Gasteiger partial charge is 0.306 e. The van der Waals surface area contributed by atoms with E-state index in [-0.39, 0.29) is 151 Å². The van der Waals surface area contributed by atoms with Gasteiger partial charge in [0, 0.05) is 181 Å². The minimum atomic E-state index is -0.0894. The summed E-state index contributed by atoms with van der Waals surface area (Å²) in [6.07, 6.45) is 39.3. The van der Waals surface area contributed by atoms with Gasteiger partial charge in [-0.3, -0.25) is 48.3 Å². The molecule has 0 aromatic carbocycles. The van der Waals surface area contributed by atoms with Crippen molar-refractivity contribution in [2.24, 2.45) is 5.92 Å². The molecule has 0 aliphatic carbocycles. The van der Waals surface area contributed by atoms with Crippen LogP contribution in [-0.2, 0) is 57.2 Å². The lowest BCUT2D eigenvalue weighted by Crippen LogP contribution is -2.62. The van der Waals surface area contributed by atoms with Gasteiger partial charge in [0.2, 0.25) is 11.8 Å². The predicted octanol–water partition coefficient (Wildman–Crippen LogP) is 20.5. The van der Waals surface area contributed by atoms with Crippen molar-refractivity contribution in [1.29, 1.82) is 0 Å². The molecule has 7 heterocycles. The van der Waals surface area contributed by atoms with Crippen LogP contribution in [0.5, 0.6) is 0 Å². The molecule has 4 N–H and O–H groups in total. The number of piperidine rings is 6. The number of carbonyl (C=O) groups is 7. The normalized spacial score (nSPS) is 24.3. The Labute approximate surface area is 697 Å². The summed E-state index contributed by atoms with van der Waals surface area (Å²) in [6, 6.07) is 0.0407. The maximum Gasteiger partial charge on any atom is 0.306 e. The zero-order chi connectivity index (χ0) is 86.2. The molecule has 7 rings (SSSR count). The van der Waals surface area contributed by atoms with Gasteiger partial charge in [0.25, 0.3) is 0 Å². The fourth-order valence-electron chi connectivity index (χ4n) is 21.1. The number of hydrogen-bond acceptors (Lipinski definition) is 18. The van der Waals surface area contributed by atoms with Crippen LogP contribution in [0.4, 0.5) is 0 Å². The first-order valence-corrected chi connectivity index (χ1v) is 45.9. The Morgan fingerprint density at radius 3 is 0.781 bits per heavy atom. The number of amides is 2. The standard InChI is InChI=1S/C30H56N2O4.C28H52N2O4.C25H46N2O2.C12H23NO2/c1-27(2)19-23(20-28(3,4)31(27)9)35-25(33)17-15-13-11-12-14-16-18-26(34)36-24-21-29(5,6)32(10)30(7,8)22-24;1-25(2)17-21(18-26(3,4)29-25)33-23(31)15-13-11-9-10-12-14-16-24(32)34-22-19-27(5,6)30-28(7,8)20-22;1-6-7-8-9-10-11-12-13-14-15-16-20-17-22(28)27(23(20)29)21-18-24(2,3)26-25(4,5)19-21;1-6-10(14)15-9-7-11(2,3)13-12(4,5)8-9/h23-24H,11-22H2,1-10H3;21-22,29-30H,9-20H2,1-8H3;20-21,26H,6-19H2,1-5H3;9,13H,6-8H2,1-5H3. The Bertz CT molecular complexity index is 2740. The Kier molecular flexibility index (Phi) is 40.2. The number of carbonyl (C=O) groups excluding carboxylic acids is 7. The van der Waals surface area contributed by atoms with Crippen LogP contribution in [0.3, 0.4) is 0 Å². The van der Waals surface area contributed by atoms with Crippen molar-refractivity contribution in [2.75, 3.05) is 14.1 Å². The highest BCUT2D eigenvalue weighted by molar-refractivity contribution is 6.04. The van der Waals surface area contributed by atoms with Crippen LogP contribution in [0.1, 0.15) is 443 Å². The molecule has 0 aromatic rings. The third-order valence-electron chi connectivity index (χ3n) is 25.5. The number of unbranched alkanes of at least 4 members (excludes halogenated alkanes) is 19. The summed E-state index contributed by atoms with van der Waals surface area (Å²) in [5.74, 6) is -0.240. The zero-order valence-corrected chi connectivity index (χ0v) is 78.8. The third-order valence-corrected chi connectivity index (χ3v) is 25.5. The number of likely N-dealkylation sites (tertiary alicyclic amines) is 3. The highest BCUT2D eigenvalue weighted by atomic mass is 16.6. The lowest BCUT2D eigenvalue weighted by atomic mass is 9.78. The molecule has 1 unspecified atom stereocenters. The molecule has 0 saturated carbocycles. The molecule has 114 heavy (non-hydrogen) atoms. The molecule has 0 radical (unpaired) electrons. The van der Waals surface area contributed by atoms with Gasteiger partial charge in [-0.25, -0.2) is 0 Å². The van der Waals surface area contributed by atoms with E-state index in [2.05, 4.69) is 218 Å². The minimum Gasteiger partial charge on any atom is -0.462 e. The first kappa shape index (κ1) is 103. The highest BCUT2D eigenvalue weighted by Crippen LogP contribution is 2.42. The largest absolute Gasteiger partial charge is 0.462 e. The molecule has 7 aliphatic rings. The minimum absolute atomic E-state index is 0.000484. The second-order valence-electron chi connectivity index (χ2n) is 44.2. The first-order chi connectivity index (χ1) is 52.4. The number of rotatable bonds is 36. The van der Waals surface area contributed by atoms with Gasteiger partial charge in [-0.2, -0.15) is 0 Å². The Morgan fingerprint density at radius 2 is 0.526 bits per heavy atom. The first-order valence-electron chi connectivity index (χ1n) is 45.9. The van der Waals surface area contributed by atoms with E-state index in [1.165, 1.54) is 57.8 Å². The van der Waals surface area contributed by atoms with Crippen LogP contribution in [0.2, 0.25) is 0 Å². The van der Waals surface area contributed by atoms with E-state index in [0.29, 0.717) is 38.5 Å². The van der Waals surface area contributed by atoms with Gasteiger partial charge >= 0.3 is 29.8 Å². The summed E-state index contributed by atoms with van der Waals surface area (Å²) in [5.41, 5.74) is 0.0291. The van der Waals surface area contributed by atoms with Gasteiger partial charge in [0.15, 0.2) is 0 Å². The molecule has 7 saturated heterocycles. The average Bonchev–Trinajstić information content (AvgIpc) is 1.44. The average molecular weight is 1610 g/mol. The number of ether oxygens (including phenoxy) is 5. The fourth-order valence-corrected chi connectivity index (χ4v) is 21.1. The summed E-state index contributed by atoms with van der Waals surface area (Å²) < 4.78 is 28.7. The van der Waals surface area contributed by atoms with Gasteiger partial charge in [-0.15, -0.1) is 0 Å². The van der Waals surface area contributed by atoms with Crippen LogP contribution in [0, 0.1) is 5.92 Å². The molecule has 19 nitrogen and oxygen atoms in total. The van der Waals surface area contributed by atoms with E-state index in [4.69, 9.17) is 23.7 Å². The summed E-state index contributed by atoms with van der Waals surface area (Å²) in [5, 5.41) is 14.5. The van der Waals surface area contributed by atoms with Gasteiger partial charge in [0.1, 0.15) is 30.5 Å². The summed E-state index contributed by atoms with van der Waals surface area (Å²) in [4.78, 5) is 92.8. The molecule has 19 heteroatoms. The van der Waals surface area contributed by atoms with Gasteiger partial charge in [-0.1, -0.05) is 129 Å². The third kappa shape index (κ3) is 38.3. The molecule has 7 fully saturated rings. The number of imide groups is 1. The van der Waals surface area contributed by atoms with E-state index in [1.807, 2.05) is 6.92 Å². The second kappa shape index (κ2) is 44.7. The van der Waals surface area contributed by atoms with E-state index in [9.17, 15) is 33.6 Å². The molecular formula is C95H177N7O12. The van der Waals surface area contributed by atoms with Gasteiger partial charge in [0.05, 0.1) is 0 Å². The van der Waals surface area contributed by atoms with Gasteiger partial charge < -0.3 is 45.0 Å². The molecule has 664 valence electrons.